The Balaban J connectivity index is 3.85. The average Bonchev–Trinajstić information content (AvgIpc) is 2.13. The van der Waals surface area contributed by atoms with Crippen molar-refractivity contribution in [3.8, 4) is 0 Å². The van der Waals surface area contributed by atoms with Crippen LogP contribution in [0.1, 0.15) is 40.5 Å². The molecule has 3 nitrogen and oxygen atoms in total. The van der Waals surface area contributed by atoms with Gasteiger partial charge >= 0.3 is 0 Å². The van der Waals surface area contributed by atoms with Crippen LogP contribution in [0.3, 0.4) is 0 Å². The molecule has 13 heavy (non-hydrogen) atoms. The third-order valence-electron chi connectivity index (χ3n) is 2.72. The standard InChI is InChI=1S/C10H23NO2/c1-5-10(11,6-2)7-13-9(4)8(3)12/h8-9,12H,5-7,11H2,1-4H3. The van der Waals surface area contributed by atoms with Crippen LogP contribution in [0, 0.1) is 0 Å². The molecule has 2 unspecified atom stereocenters. The normalized spacial score (nSPS) is 17.1. The summed E-state index contributed by atoms with van der Waals surface area (Å²) in [7, 11) is 0. The van der Waals surface area contributed by atoms with Gasteiger partial charge in [0.05, 0.1) is 18.8 Å². The predicted octanol–water partition coefficient (Wildman–Crippen LogP) is 1.29. The Morgan fingerprint density at radius 1 is 1.31 bits per heavy atom. The van der Waals surface area contributed by atoms with Gasteiger partial charge in [-0.1, -0.05) is 13.8 Å². The number of rotatable bonds is 6. The van der Waals surface area contributed by atoms with E-state index in [4.69, 9.17) is 10.5 Å². The third-order valence-corrected chi connectivity index (χ3v) is 2.72. The molecule has 0 aliphatic heterocycles. The van der Waals surface area contributed by atoms with Crippen molar-refractivity contribution in [2.45, 2.75) is 58.3 Å². The summed E-state index contributed by atoms with van der Waals surface area (Å²) in [5, 5.41) is 9.20. The Morgan fingerprint density at radius 3 is 2.08 bits per heavy atom. The maximum Gasteiger partial charge on any atom is 0.0804 e. The van der Waals surface area contributed by atoms with Crippen molar-refractivity contribution in [2.24, 2.45) is 5.73 Å². The molecule has 0 fully saturated rings. The summed E-state index contributed by atoms with van der Waals surface area (Å²) in [5.74, 6) is 0. The Labute approximate surface area is 81.3 Å². The van der Waals surface area contributed by atoms with Gasteiger partial charge in [-0.3, -0.25) is 0 Å². The fraction of sp³-hybridized carbons (Fsp3) is 1.00. The molecule has 0 aliphatic carbocycles. The molecule has 0 spiro atoms. The van der Waals surface area contributed by atoms with Crippen molar-refractivity contribution >= 4 is 0 Å². The molecule has 0 radical (unpaired) electrons. The molecule has 0 aromatic carbocycles. The first-order chi connectivity index (χ1) is 5.95. The van der Waals surface area contributed by atoms with E-state index in [1.54, 1.807) is 6.92 Å². The molecule has 0 amide bonds. The molecular formula is C10H23NO2. The molecule has 0 bridgehead atoms. The van der Waals surface area contributed by atoms with E-state index in [9.17, 15) is 5.11 Å². The summed E-state index contributed by atoms with van der Waals surface area (Å²) in [5.41, 5.74) is 5.81. The summed E-state index contributed by atoms with van der Waals surface area (Å²) in [6, 6.07) is 0. The highest BCUT2D eigenvalue weighted by atomic mass is 16.5. The van der Waals surface area contributed by atoms with Gasteiger partial charge in [-0.25, -0.2) is 0 Å². The largest absolute Gasteiger partial charge is 0.391 e. The lowest BCUT2D eigenvalue weighted by atomic mass is 9.95. The zero-order valence-electron chi connectivity index (χ0n) is 9.21. The van der Waals surface area contributed by atoms with E-state index in [1.807, 2.05) is 6.92 Å². The van der Waals surface area contributed by atoms with E-state index in [0.29, 0.717) is 6.61 Å². The summed E-state index contributed by atoms with van der Waals surface area (Å²) >= 11 is 0. The first-order valence-corrected chi connectivity index (χ1v) is 5.03. The highest BCUT2D eigenvalue weighted by Crippen LogP contribution is 2.13. The van der Waals surface area contributed by atoms with Gasteiger partial charge < -0.3 is 15.6 Å². The second kappa shape index (κ2) is 5.58. The van der Waals surface area contributed by atoms with Crippen LogP contribution in [0.2, 0.25) is 0 Å². The molecular weight excluding hydrogens is 166 g/mol. The lowest BCUT2D eigenvalue weighted by molar-refractivity contribution is -0.0380. The maximum atomic E-state index is 9.20. The number of nitrogens with two attached hydrogens (primary N) is 1. The van der Waals surface area contributed by atoms with Crippen LogP contribution in [0.4, 0.5) is 0 Å². The number of ether oxygens (including phenoxy) is 1. The topological polar surface area (TPSA) is 55.5 Å². The third kappa shape index (κ3) is 4.60. The van der Waals surface area contributed by atoms with Gasteiger partial charge in [0.2, 0.25) is 0 Å². The number of aliphatic hydroxyl groups is 1. The Kier molecular flexibility index (Phi) is 5.53. The number of hydrogen-bond acceptors (Lipinski definition) is 3. The molecule has 80 valence electrons. The molecule has 0 aromatic heterocycles. The zero-order valence-corrected chi connectivity index (χ0v) is 9.21. The van der Waals surface area contributed by atoms with Crippen LogP contribution >= 0.6 is 0 Å². The highest BCUT2D eigenvalue weighted by molar-refractivity contribution is 4.81. The van der Waals surface area contributed by atoms with Crippen molar-refractivity contribution in [2.75, 3.05) is 6.61 Å². The van der Waals surface area contributed by atoms with Crippen molar-refractivity contribution in [1.82, 2.24) is 0 Å². The fourth-order valence-electron chi connectivity index (χ4n) is 0.891. The first kappa shape index (κ1) is 12.9. The predicted molar refractivity (Wildman–Crippen MR) is 54.6 cm³/mol. The lowest BCUT2D eigenvalue weighted by Gasteiger charge is -2.28. The van der Waals surface area contributed by atoms with Crippen LogP contribution in [0.15, 0.2) is 0 Å². The van der Waals surface area contributed by atoms with E-state index < -0.39 is 6.10 Å². The Morgan fingerprint density at radius 2 is 1.77 bits per heavy atom. The van der Waals surface area contributed by atoms with Crippen LogP contribution in [0.25, 0.3) is 0 Å². The Bertz CT molecular complexity index is 133. The first-order valence-electron chi connectivity index (χ1n) is 5.03. The lowest BCUT2D eigenvalue weighted by Crippen LogP contribution is -2.45. The van der Waals surface area contributed by atoms with Crippen molar-refractivity contribution in [3.05, 3.63) is 0 Å². The summed E-state index contributed by atoms with van der Waals surface area (Å²) < 4.78 is 5.48. The van der Waals surface area contributed by atoms with E-state index in [1.165, 1.54) is 0 Å². The second-order valence-electron chi connectivity index (χ2n) is 3.83. The van der Waals surface area contributed by atoms with Gasteiger partial charge in [-0.05, 0) is 26.7 Å². The quantitative estimate of drug-likeness (QED) is 0.662. The minimum absolute atomic E-state index is 0.138. The van der Waals surface area contributed by atoms with Gasteiger partial charge in [-0.15, -0.1) is 0 Å². The average molecular weight is 189 g/mol. The van der Waals surface area contributed by atoms with E-state index in [-0.39, 0.29) is 11.6 Å². The molecule has 2 atom stereocenters. The minimum atomic E-state index is -0.432. The zero-order chi connectivity index (χ0) is 10.5. The fourth-order valence-corrected chi connectivity index (χ4v) is 0.891. The molecule has 3 heteroatoms. The van der Waals surface area contributed by atoms with E-state index in [0.717, 1.165) is 12.8 Å². The molecule has 0 saturated carbocycles. The van der Waals surface area contributed by atoms with Crippen LogP contribution in [0.5, 0.6) is 0 Å². The Hall–Kier alpha value is -0.120. The smallest absolute Gasteiger partial charge is 0.0804 e. The summed E-state index contributed by atoms with van der Waals surface area (Å²) in [6.45, 7) is 8.21. The monoisotopic (exact) mass is 189 g/mol. The minimum Gasteiger partial charge on any atom is -0.391 e. The molecule has 0 rings (SSSR count). The highest BCUT2D eigenvalue weighted by Gasteiger charge is 2.22. The molecule has 0 aromatic rings. The number of aliphatic hydroxyl groups excluding tert-OH is 1. The van der Waals surface area contributed by atoms with Crippen molar-refractivity contribution in [1.29, 1.82) is 0 Å². The van der Waals surface area contributed by atoms with Gasteiger partial charge in [0, 0.05) is 5.54 Å². The van der Waals surface area contributed by atoms with Crippen LogP contribution in [-0.4, -0.2) is 29.5 Å². The van der Waals surface area contributed by atoms with Gasteiger partial charge in [-0.2, -0.15) is 0 Å². The van der Waals surface area contributed by atoms with Gasteiger partial charge in [0.25, 0.3) is 0 Å². The van der Waals surface area contributed by atoms with E-state index >= 15 is 0 Å². The second-order valence-corrected chi connectivity index (χ2v) is 3.83. The maximum absolute atomic E-state index is 9.20. The SMILES string of the molecule is CCC(N)(CC)COC(C)C(C)O. The summed E-state index contributed by atoms with van der Waals surface area (Å²) in [4.78, 5) is 0. The van der Waals surface area contributed by atoms with E-state index in [2.05, 4.69) is 13.8 Å². The molecule has 0 heterocycles. The molecule has 0 aliphatic rings. The van der Waals surface area contributed by atoms with Crippen LogP contribution in [-0.2, 0) is 4.74 Å². The van der Waals surface area contributed by atoms with Crippen LogP contribution < -0.4 is 5.73 Å². The van der Waals surface area contributed by atoms with Gasteiger partial charge in [0.1, 0.15) is 0 Å². The number of hydrogen-bond donors (Lipinski definition) is 2. The van der Waals surface area contributed by atoms with Crippen molar-refractivity contribution in [3.63, 3.8) is 0 Å². The van der Waals surface area contributed by atoms with Crippen molar-refractivity contribution < 1.29 is 9.84 Å². The molecule has 0 saturated heterocycles. The molecule has 3 N–H and O–H groups in total. The summed E-state index contributed by atoms with van der Waals surface area (Å²) in [6.07, 6.45) is 1.23. The van der Waals surface area contributed by atoms with Gasteiger partial charge in [0.15, 0.2) is 0 Å².